The van der Waals surface area contributed by atoms with Crippen molar-refractivity contribution in [3.63, 3.8) is 0 Å². The Morgan fingerprint density at radius 3 is 3.18 bits per heavy atom. The number of nitrogens with one attached hydrogen (secondary N) is 1. The third kappa shape index (κ3) is 1.28. The van der Waals surface area contributed by atoms with Crippen molar-refractivity contribution < 1.29 is 0 Å². The molecule has 1 unspecified atom stereocenters. The molecule has 11 heavy (non-hydrogen) atoms. The quantitative estimate of drug-likeness (QED) is 0.636. The van der Waals surface area contributed by atoms with Crippen LogP contribution in [0, 0.1) is 0 Å². The van der Waals surface area contributed by atoms with E-state index < -0.39 is 0 Å². The predicted molar refractivity (Wildman–Crippen MR) is 43.5 cm³/mol. The van der Waals surface area contributed by atoms with Crippen LogP contribution < -0.4 is 5.32 Å². The fraction of sp³-hybridized carbons (Fsp3) is 0.250. The molecule has 2 heterocycles. The number of rotatable bonds is 1. The lowest BCUT2D eigenvalue weighted by Crippen LogP contribution is -2.14. The van der Waals surface area contributed by atoms with Gasteiger partial charge in [-0.15, -0.1) is 0 Å². The maximum atomic E-state index is 4.23. The SMILES string of the molecule is C1=NC(c2cccnc2)NC1. The van der Waals surface area contributed by atoms with E-state index >= 15 is 0 Å². The first-order valence-corrected chi connectivity index (χ1v) is 3.62. The molecule has 1 atom stereocenters. The summed E-state index contributed by atoms with van der Waals surface area (Å²) in [5.74, 6) is 0. The van der Waals surface area contributed by atoms with E-state index in [-0.39, 0.29) is 6.17 Å². The second-order valence-electron chi connectivity index (χ2n) is 2.43. The Morgan fingerprint density at radius 2 is 2.55 bits per heavy atom. The second kappa shape index (κ2) is 2.80. The van der Waals surface area contributed by atoms with Gasteiger partial charge < -0.3 is 0 Å². The first-order chi connectivity index (χ1) is 5.47. The molecule has 1 aliphatic heterocycles. The van der Waals surface area contributed by atoms with E-state index in [0.29, 0.717) is 0 Å². The van der Waals surface area contributed by atoms with Gasteiger partial charge in [0.1, 0.15) is 6.17 Å². The van der Waals surface area contributed by atoms with E-state index in [1.165, 1.54) is 0 Å². The van der Waals surface area contributed by atoms with Gasteiger partial charge in [-0.3, -0.25) is 15.3 Å². The topological polar surface area (TPSA) is 37.3 Å². The van der Waals surface area contributed by atoms with E-state index in [1.807, 2.05) is 24.5 Å². The highest BCUT2D eigenvalue weighted by molar-refractivity contribution is 5.62. The van der Waals surface area contributed by atoms with Crippen molar-refractivity contribution in [3.05, 3.63) is 30.1 Å². The van der Waals surface area contributed by atoms with Gasteiger partial charge in [-0.2, -0.15) is 0 Å². The number of aromatic nitrogens is 1. The molecular formula is C8H9N3. The van der Waals surface area contributed by atoms with Gasteiger partial charge in [0.2, 0.25) is 0 Å². The van der Waals surface area contributed by atoms with Gasteiger partial charge in [0.05, 0.1) is 0 Å². The van der Waals surface area contributed by atoms with Crippen LogP contribution in [0.2, 0.25) is 0 Å². The summed E-state index contributed by atoms with van der Waals surface area (Å²) < 4.78 is 0. The normalized spacial score (nSPS) is 22.4. The van der Waals surface area contributed by atoms with Crippen molar-refractivity contribution in [1.29, 1.82) is 0 Å². The zero-order valence-electron chi connectivity index (χ0n) is 6.07. The van der Waals surface area contributed by atoms with Crippen LogP contribution in [0.4, 0.5) is 0 Å². The van der Waals surface area contributed by atoms with Crippen molar-refractivity contribution in [2.75, 3.05) is 6.54 Å². The molecule has 56 valence electrons. The summed E-state index contributed by atoms with van der Waals surface area (Å²) in [6.07, 6.45) is 5.61. The van der Waals surface area contributed by atoms with E-state index in [4.69, 9.17) is 0 Å². The summed E-state index contributed by atoms with van der Waals surface area (Å²) in [7, 11) is 0. The fourth-order valence-electron chi connectivity index (χ4n) is 1.12. The molecule has 0 aromatic carbocycles. The Labute approximate surface area is 65.2 Å². The number of hydrogen-bond acceptors (Lipinski definition) is 3. The molecular weight excluding hydrogens is 138 g/mol. The molecule has 2 rings (SSSR count). The average molecular weight is 147 g/mol. The molecule has 1 N–H and O–H groups in total. The van der Waals surface area contributed by atoms with Crippen LogP contribution in [0.25, 0.3) is 0 Å². The minimum Gasteiger partial charge on any atom is -0.287 e. The molecule has 0 fully saturated rings. The molecule has 3 heteroatoms. The molecule has 0 radical (unpaired) electrons. The van der Waals surface area contributed by atoms with Crippen molar-refractivity contribution in [3.8, 4) is 0 Å². The maximum Gasteiger partial charge on any atom is 0.126 e. The third-order valence-electron chi connectivity index (χ3n) is 1.66. The number of aliphatic imine (C=N–C) groups is 1. The van der Waals surface area contributed by atoms with Crippen LogP contribution in [0.5, 0.6) is 0 Å². The van der Waals surface area contributed by atoms with Gasteiger partial charge in [-0.05, 0) is 6.07 Å². The lowest BCUT2D eigenvalue weighted by atomic mass is 10.2. The standard InChI is InChI=1S/C8H9N3/c1-2-7(6-9-3-1)8-10-4-5-11-8/h1-4,6,8,11H,5H2. The van der Waals surface area contributed by atoms with Crippen LogP contribution >= 0.6 is 0 Å². The summed E-state index contributed by atoms with van der Waals surface area (Å²) in [4.78, 5) is 8.25. The Hall–Kier alpha value is -1.22. The largest absolute Gasteiger partial charge is 0.287 e. The van der Waals surface area contributed by atoms with Crippen LogP contribution in [0.3, 0.4) is 0 Å². The van der Waals surface area contributed by atoms with E-state index in [9.17, 15) is 0 Å². The summed E-state index contributed by atoms with van der Waals surface area (Å²) in [6, 6.07) is 3.94. The van der Waals surface area contributed by atoms with Gasteiger partial charge in [0.25, 0.3) is 0 Å². The molecule has 0 bridgehead atoms. The molecule has 0 aliphatic carbocycles. The Balaban J connectivity index is 2.23. The fourth-order valence-corrected chi connectivity index (χ4v) is 1.12. The molecule has 3 nitrogen and oxygen atoms in total. The van der Waals surface area contributed by atoms with Gasteiger partial charge in [-0.25, -0.2) is 0 Å². The highest BCUT2D eigenvalue weighted by Gasteiger charge is 2.10. The van der Waals surface area contributed by atoms with Crippen LogP contribution in [-0.4, -0.2) is 17.7 Å². The predicted octanol–water partition coefficient (Wildman–Crippen LogP) is 0.754. The summed E-state index contributed by atoms with van der Waals surface area (Å²) in [6.45, 7) is 0.861. The lowest BCUT2D eigenvalue weighted by Gasteiger charge is -2.05. The Bertz CT molecular complexity index is 255. The Kier molecular flexibility index (Phi) is 1.65. The van der Waals surface area contributed by atoms with Crippen LogP contribution in [-0.2, 0) is 0 Å². The molecule has 0 saturated heterocycles. The smallest absolute Gasteiger partial charge is 0.126 e. The molecule has 0 saturated carbocycles. The summed E-state index contributed by atoms with van der Waals surface area (Å²) in [5, 5.41) is 3.21. The van der Waals surface area contributed by atoms with Crippen molar-refractivity contribution in [1.82, 2.24) is 10.3 Å². The maximum absolute atomic E-state index is 4.23. The van der Waals surface area contributed by atoms with E-state index in [1.54, 1.807) is 6.20 Å². The first kappa shape index (κ1) is 6.49. The second-order valence-corrected chi connectivity index (χ2v) is 2.43. The minimum atomic E-state index is 0.128. The lowest BCUT2D eigenvalue weighted by molar-refractivity contribution is 0.641. The Morgan fingerprint density at radius 1 is 1.55 bits per heavy atom. The van der Waals surface area contributed by atoms with Crippen LogP contribution in [0.15, 0.2) is 29.5 Å². The van der Waals surface area contributed by atoms with Crippen molar-refractivity contribution in [2.45, 2.75) is 6.17 Å². The van der Waals surface area contributed by atoms with Gasteiger partial charge in [0.15, 0.2) is 0 Å². The highest BCUT2D eigenvalue weighted by Crippen LogP contribution is 2.13. The van der Waals surface area contributed by atoms with Gasteiger partial charge >= 0.3 is 0 Å². The highest BCUT2D eigenvalue weighted by atomic mass is 15.1. The number of pyridine rings is 1. The molecule has 0 spiro atoms. The van der Waals surface area contributed by atoms with E-state index in [0.717, 1.165) is 12.1 Å². The first-order valence-electron chi connectivity index (χ1n) is 3.62. The molecule has 0 amide bonds. The summed E-state index contributed by atoms with van der Waals surface area (Å²) >= 11 is 0. The number of hydrogen-bond donors (Lipinski definition) is 1. The molecule has 1 aromatic heterocycles. The monoisotopic (exact) mass is 147 g/mol. The van der Waals surface area contributed by atoms with Gasteiger partial charge in [0, 0.05) is 30.7 Å². The number of nitrogens with zero attached hydrogens (tertiary/aromatic N) is 2. The van der Waals surface area contributed by atoms with Gasteiger partial charge in [-0.1, -0.05) is 6.07 Å². The van der Waals surface area contributed by atoms with E-state index in [2.05, 4.69) is 15.3 Å². The zero-order valence-corrected chi connectivity index (χ0v) is 6.07. The molecule has 1 aliphatic rings. The minimum absolute atomic E-state index is 0.128. The summed E-state index contributed by atoms with van der Waals surface area (Å²) in [5.41, 5.74) is 1.13. The van der Waals surface area contributed by atoms with Crippen LogP contribution in [0.1, 0.15) is 11.7 Å². The average Bonchev–Trinajstić information content (AvgIpc) is 2.58. The van der Waals surface area contributed by atoms with Crippen molar-refractivity contribution >= 4 is 6.21 Å². The van der Waals surface area contributed by atoms with Crippen molar-refractivity contribution in [2.24, 2.45) is 4.99 Å². The molecule has 1 aromatic rings. The third-order valence-corrected chi connectivity index (χ3v) is 1.66. The zero-order chi connectivity index (χ0) is 7.52.